The van der Waals surface area contributed by atoms with E-state index in [2.05, 4.69) is 21.2 Å². The van der Waals surface area contributed by atoms with E-state index in [9.17, 15) is 4.79 Å². The number of rotatable bonds is 3. The summed E-state index contributed by atoms with van der Waals surface area (Å²) in [6.45, 7) is -0.0429. The molecule has 3 nitrogen and oxygen atoms in total. The minimum atomic E-state index is -0.183. The predicted molar refractivity (Wildman–Crippen MR) is 74.5 cm³/mol. The highest BCUT2D eigenvalue weighted by molar-refractivity contribution is 9.10. The number of nitrogens with one attached hydrogen (secondary N) is 1. The molecule has 1 amide bonds. The maximum Gasteiger partial charge on any atom is 0.256 e. The van der Waals surface area contributed by atoms with Crippen LogP contribution in [-0.2, 0) is 6.61 Å². The molecule has 4 heteroatoms. The van der Waals surface area contributed by atoms with Gasteiger partial charge in [-0.25, -0.2) is 0 Å². The maximum atomic E-state index is 12.0. The quantitative estimate of drug-likeness (QED) is 0.915. The summed E-state index contributed by atoms with van der Waals surface area (Å²) in [5.74, 6) is -0.183. The number of halogens is 1. The number of hydrogen-bond acceptors (Lipinski definition) is 2. The third-order valence-electron chi connectivity index (χ3n) is 2.49. The highest BCUT2D eigenvalue weighted by Crippen LogP contribution is 2.18. The fourth-order valence-electron chi connectivity index (χ4n) is 1.59. The van der Waals surface area contributed by atoms with Crippen LogP contribution in [-0.4, -0.2) is 11.0 Å². The Kier molecular flexibility index (Phi) is 4.12. The highest BCUT2D eigenvalue weighted by Gasteiger charge is 2.09. The van der Waals surface area contributed by atoms with Crippen LogP contribution < -0.4 is 5.32 Å². The number of hydrogen-bond donors (Lipinski definition) is 2. The first-order chi connectivity index (χ1) is 8.70. The molecule has 0 saturated carbocycles. The number of aliphatic hydroxyl groups is 1. The standard InChI is InChI=1S/C14H12BrNO2/c15-13-7-2-1-6-12(13)14(18)16-11-5-3-4-10(8-11)9-17/h1-8,17H,9H2,(H,16,18). The molecule has 0 heterocycles. The molecule has 2 N–H and O–H groups in total. The Bertz CT molecular complexity index is 569. The minimum Gasteiger partial charge on any atom is -0.392 e. The van der Waals surface area contributed by atoms with E-state index in [0.29, 0.717) is 11.3 Å². The van der Waals surface area contributed by atoms with Crippen LogP contribution in [0.3, 0.4) is 0 Å². The lowest BCUT2D eigenvalue weighted by Crippen LogP contribution is -2.12. The van der Waals surface area contributed by atoms with Gasteiger partial charge in [0.25, 0.3) is 5.91 Å². The molecule has 0 aliphatic heterocycles. The molecular formula is C14H12BrNO2. The smallest absolute Gasteiger partial charge is 0.256 e. The van der Waals surface area contributed by atoms with E-state index in [-0.39, 0.29) is 12.5 Å². The molecule has 0 unspecified atom stereocenters. The molecule has 0 spiro atoms. The number of carbonyl (C=O) groups is 1. The molecule has 0 radical (unpaired) electrons. The van der Waals surface area contributed by atoms with Crippen molar-refractivity contribution in [2.24, 2.45) is 0 Å². The third-order valence-corrected chi connectivity index (χ3v) is 3.18. The largest absolute Gasteiger partial charge is 0.392 e. The zero-order valence-electron chi connectivity index (χ0n) is 9.56. The molecule has 2 rings (SSSR count). The minimum absolute atomic E-state index is 0.0429. The van der Waals surface area contributed by atoms with E-state index in [4.69, 9.17) is 5.11 Å². The first-order valence-corrected chi connectivity index (χ1v) is 6.25. The van der Waals surface area contributed by atoms with Gasteiger partial charge in [0.15, 0.2) is 0 Å². The Morgan fingerprint density at radius 3 is 2.67 bits per heavy atom. The summed E-state index contributed by atoms with van der Waals surface area (Å²) >= 11 is 3.34. The van der Waals surface area contributed by atoms with Gasteiger partial charge in [-0.15, -0.1) is 0 Å². The summed E-state index contributed by atoms with van der Waals surface area (Å²) in [6.07, 6.45) is 0. The van der Waals surface area contributed by atoms with Gasteiger partial charge in [0.1, 0.15) is 0 Å². The molecule has 0 fully saturated rings. The van der Waals surface area contributed by atoms with Crippen LogP contribution in [0.1, 0.15) is 15.9 Å². The highest BCUT2D eigenvalue weighted by atomic mass is 79.9. The van der Waals surface area contributed by atoms with Crippen molar-refractivity contribution >= 4 is 27.5 Å². The van der Waals surface area contributed by atoms with Crippen LogP contribution in [0.25, 0.3) is 0 Å². The number of carbonyl (C=O) groups excluding carboxylic acids is 1. The fourth-order valence-corrected chi connectivity index (χ4v) is 2.06. The Labute approximate surface area is 114 Å². The van der Waals surface area contributed by atoms with Crippen molar-refractivity contribution in [2.45, 2.75) is 6.61 Å². The Balaban J connectivity index is 2.19. The van der Waals surface area contributed by atoms with Crippen molar-refractivity contribution in [1.29, 1.82) is 0 Å². The summed E-state index contributed by atoms with van der Waals surface area (Å²) in [6, 6.07) is 14.4. The summed E-state index contributed by atoms with van der Waals surface area (Å²) in [5, 5.41) is 11.8. The average molecular weight is 306 g/mol. The summed E-state index contributed by atoms with van der Waals surface area (Å²) in [5.41, 5.74) is 2.01. The van der Waals surface area contributed by atoms with Crippen LogP contribution in [0.15, 0.2) is 53.0 Å². The molecule has 2 aromatic carbocycles. The van der Waals surface area contributed by atoms with Crippen LogP contribution in [0.5, 0.6) is 0 Å². The number of anilines is 1. The van der Waals surface area contributed by atoms with E-state index in [0.717, 1.165) is 10.0 Å². The zero-order chi connectivity index (χ0) is 13.0. The van der Waals surface area contributed by atoms with Crippen LogP contribution in [0.2, 0.25) is 0 Å². The fraction of sp³-hybridized carbons (Fsp3) is 0.0714. The van der Waals surface area contributed by atoms with Crippen molar-refractivity contribution in [1.82, 2.24) is 0 Å². The summed E-state index contributed by atoms with van der Waals surface area (Å²) in [7, 11) is 0. The molecule has 0 bridgehead atoms. The van der Waals surface area contributed by atoms with Crippen molar-refractivity contribution in [3.63, 3.8) is 0 Å². The third kappa shape index (κ3) is 2.97. The second-order valence-corrected chi connectivity index (χ2v) is 4.65. The van der Waals surface area contributed by atoms with Crippen molar-refractivity contribution in [2.75, 3.05) is 5.32 Å². The predicted octanol–water partition coefficient (Wildman–Crippen LogP) is 3.19. The first-order valence-electron chi connectivity index (χ1n) is 5.46. The van der Waals surface area contributed by atoms with Gasteiger partial charge in [0, 0.05) is 10.2 Å². The molecule has 0 atom stereocenters. The van der Waals surface area contributed by atoms with Crippen LogP contribution in [0.4, 0.5) is 5.69 Å². The van der Waals surface area contributed by atoms with Crippen LogP contribution >= 0.6 is 15.9 Å². The van der Waals surface area contributed by atoms with Crippen molar-refractivity contribution < 1.29 is 9.90 Å². The SMILES string of the molecule is O=C(Nc1cccc(CO)c1)c1ccccc1Br. The van der Waals surface area contributed by atoms with Crippen molar-refractivity contribution in [3.8, 4) is 0 Å². The van der Waals surface area contributed by atoms with Gasteiger partial charge in [-0.05, 0) is 45.8 Å². The molecule has 18 heavy (non-hydrogen) atoms. The molecule has 0 aliphatic carbocycles. The van der Waals surface area contributed by atoms with Crippen LogP contribution in [0, 0.1) is 0 Å². The lowest BCUT2D eigenvalue weighted by atomic mass is 10.2. The summed E-state index contributed by atoms with van der Waals surface area (Å²) < 4.78 is 0.751. The molecular weight excluding hydrogens is 294 g/mol. The van der Waals surface area contributed by atoms with Gasteiger partial charge in [0.05, 0.1) is 12.2 Å². The second-order valence-electron chi connectivity index (χ2n) is 3.79. The first kappa shape index (κ1) is 12.8. The summed E-state index contributed by atoms with van der Waals surface area (Å²) in [4.78, 5) is 12.0. The van der Waals surface area contributed by atoms with Gasteiger partial charge >= 0.3 is 0 Å². The Morgan fingerprint density at radius 1 is 1.17 bits per heavy atom. The van der Waals surface area contributed by atoms with E-state index in [1.165, 1.54) is 0 Å². The van der Waals surface area contributed by atoms with E-state index in [1.807, 2.05) is 18.2 Å². The van der Waals surface area contributed by atoms with E-state index >= 15 is 0 Å². The lowest BCUT2D eigenvalue weighted by Gasteiger charge is -2.07. The number of benzene rings is 2. The molecule has 92 valence electrons. The van der Waals surface area contributed by atoms with Gasteiger partial charge in [-0.3, -0.25) is 4.79 Å². The normalized spacial score (nSPS) is 10.1. The Hall–Kier alpha value is -1.65. The van der Waals surface area contributed by atoms with E-state index in [1.54, 1.807) is 30.3 Å². The lowest BCUT2D eigenvalue weighted by molar-refractivity contribution is 0.102. The van der Waals surface area contributed by atoms with Gasteiger partial charge < -0.3 is 10.4 Å². The number of amides is 1. The topological polar surface area (TPSA) is 49.3 Å². The number of aliphatic hydroxyl groups excluding tert-OH is 1. The molecule has 0 aromatic heterocycles. The Morgan fingerprint density at radius 2 is 1.94 bits per heavy atom. The molecule has 0 saturated heterocycles. The van der Waals surface area contributed by atoms with Gasteiger partial charge in [-0.1, -0.05) is 24.3 Å². The van der Waals surface area contributed by atoms with Gasteiger partial charge in [0.2, 0.25) is 0 Å². The monoisotopic (exact) mass is 305 g/mol. The maximum absolute atomic E-state index is 12.0. The van der Waals surface area contributed by atoms with E-state index < -0.39 is 0 Å². The van der Waals surface area contributed by atoms with Crippen molar-refractivity contribution in [3.05, 3.63) is 64.1 Å². The molecule has 2 aromatic rings. The average Bonchev–Trinajstić information content (AvgIpc) is 2.39. The zero-order valence-corrected chi connectivity index (χ0v) is 11.1. The molecule has 0 aliphatic rings. The second kappa shape index (κ2) is 5.80. The van der Waals surface area contributed by atoms with Gasteiger partial charge in [-0.2, -0.15) is 0 Å².